The summed E-state index contributed by atoms with van der Waals surface area (Å²) in [7, 11) is 0. The Labute approximate surface area is 69.4 Å². The highest BCUT2D eigenvalue weighted by molar-refractivity contribution is 5.19. The van der Waals surface area contributed by atoms with E-state index < -0.39 is 0 Å². The lowest BCUT2D eigenvalue weighted by Crippen LogP contribution is -2.33. The van der Waals surface area contributed by atoms with Crippen LogP contribution in [0.3, 0.4) is 0 Å². The molecule has 0 spiro atoms. The van der Waals surface area contributed by atoms with Crippen LogP contribution in [-0.2, 0) is 0 Å². The number of likely N-dealkylation sites (N-methyl/N-ethyl adjacent to an activating group) is 1. The first-order valence-electron chi connectivity index (χ1n) is 4.41. The molecule has 0 fully saturated rings. The van der Waals surface area contributed by atoms with Crippen LogP contribution in [0, 0.1) is 0 Å². The SMILES string of the molecule is CCC1C=CC=C(C)N1CC. The Kier molecular flexibility index (Phi) is 2.75. The maximum absolute atomic E-state index is 2.43. The summed E-state index contributed by atoms with van der Waals surface area (Å²) in [5, 5.41) is 0. The van der Waals surface area contributed by atoms with E-state index in [0.29, 0.717) is 6.04 Å². The van der Waals surface area contributed by atoms with Gasteiger partial charge in [0.25, 0.3) is 0 Å². The summed E-state index contributed by atoms with van der Waals surface area (Å²) in [6.07, 6.45) is 7.82. The van der Waals surface area contributed by atoms with Crippen LogP contribution in [-0.4, -0.2) is 17.5 Å². The summed E-state index contributed by atoms with van der Waals surface area (Å²) < 4.78 is 0. The van der Waals surface area contributed by atoms with Crippen molar-refractivity contribution in [2.75, 3.05) is 6.54 Å². The van der Waals surface area contributed by atoms with E-state index in [1.807, 2.05) is 0 Å². The van der Waals surface area contributed by atoms with Crippen molar-refractivity contribution in [3.05, 3.63) is 23.9 Å². The predicted molar refractivity (Wildman–Crippen MR) is 49.4 cm³/mol. The molecule has 0 aliphatic carbocycles. The van der Waals surface area contributed by atoms with Gasteiger partial charge in [0.05, 0.1) is 0 Å². The summed E-state index contributed by atoms with van der Waals surface area (Å²) in [5.74, 6) is 0. The molecule has 1 heterocycles. The molecule has 0 aromatic carbocycles. The zero-order valence-electron chi connectivity index (χ0n) is 7.67. The Hall–Kier alpha value is -0.720. The van der Waals surface area contributed by atoms with Gasteiger partial charge >= 0.3 is 0 Å². The highest BCUT2D eigenvalue weighted by Crippen LogP contribution is 2.16. The molecule has 0 saturated heterocycles. The van der Waals surface area contributed by atoms with E-state index in [4.69, 9.17) is 0 Å². The van der Waals surface area contributed by atoms with Crippen molar-refractivity contribution in [1.82, 2.24) is 4.90 Å². The minimum Gasteiger partial charge on any atom is -0.369 e. The number of allylic oxidation sites excluding steroid dienone is 3. The third-order valence-corrected chi connectivity index (χ3v) is 2.28. The molecule has 0 N–H and O–H groups in total. The maximum Gasteiger partial charge on any atom is 0.0470 e. The third-order valence-electron chi connectivity index (χ3n) is 2.28. The Morgan fingerprint density at radius 3 is 2.64 bits per heavy atom. The van der Waals surface area contributed by atoms with Gasteiger partial charge in [-0.25, -0.2) is 0 Å². The van der Waals surface area contributed by atoms with Gasteiger partial charge in [0.15, 0.2) is 0 Å². The van der Waals surface area contributed by atoms with Gasteiger partial charge in [-0.05, 0) is 26.3 Å². The van der Waals surface area contributed by atoms with Crippen molar-refractivity contribution < 1.29 is 0 Å². The lowest BCUT2D eigenvalue weighted by Gasteiger charge is -2.32. The first kappa shape index (κ1) is 8.38. The molecule has 1 heteroatoms. The highest BCUT2D eigenvalue weighted by Gasteiger charge is 2.13. The summed E-state index contributed by atoms with van der Waals surface area (Å²) in [6, 6.07) is 0.630. The van der Waals surface area contributed by atoms with E-state index in [1.165, 1.54) is 12.1 Å². The number of rotatable bonds is 2. The second kappa shape index (κ2) is 3.61. The Morgan fingerprint density at radius 1 is 1.45 bits per heavy atom. The van der Waals surface area contributed by atoms with Gasteiger partial charge in [0, 0.05) is 18.3 Å². The molecule has 0 aromatic rings. The molecule has 1 aliphatic heterocycles. The Balaban J connectivity index is 2.70. The van der Waals surface area contributed by atoms with E-state index >= 15 is 0 Å². The molecule has 1 rings (SSSR count). The van der Waals surface area contributed by atoms with Crippen LogP contribution in [0.1, 0.15) is 27.2 Å². The molecule has 1 nitrogen and oxygen atoms in total. The largest absolute Gasteiger partial charge is 0.369 e. The molecule has 0 saturated carbocycles. The number of nitrogens with zero attached hydrogens (tertiary/aromatic N) is 1. The summed E-state index contributed by atoms with van der Waals surface area (Å²) in [5.41, 5.74) is 1.39. The smallest absolute Gasteiger partial charge is 0.0470 e. The van der Waals surface area contributed by atoms with Crippen LogP contribution in [0.25, 0.3) is 0 Å². The minimum absolute atomic E-state index is 0.630. The zero-order valence-corrected chi connectivity index (χ0v) is 7.67. The van der Waals surface area contributed by atoms with Crippen molar-refractivity contribution in [2.24, 2.45) is 0 Å². The van der Waals surface area contributed by atoms with E-state index in [-0.39, 0.29) is 0 Å². The van der Waals surface area contributed by atoms with Gasteiger partial charge < -0.3 is 4.90 Å². The second-order valence-corrected chi connectivity index (χ2v) is 2.95. The van der Waals surface area contributed by atoms with Gasteiger partial charge in [-0.2, -0.15) is 0 Å². The molecule has 11 heavy (non-hydrogen) atoms. The van der Waals surface area contributed by atoms with Gasteiger partial charge in [-0.1, -0.05) is 19.1 Å². The van der Waals surface area contributed by atoms with E-state index in [0.717, 1.165) is 6.54 Å². The van der Waals surface area contributed by atoms with Crippen LogP contribution in [0.15, 0.2) is 23.9 Å². The zero-order chi connectivity index (χ0) is 8.27. The van der Waals surface area contributed by atoms with Crippen molar-refractivity contribution in [2.45, 2.75) is 33.2 Å². The normalized spacial score (nSPS) is 23.7. The minimum atomic E-state index is 0.630. The van der Waals surface area contributed by atoms with Crippen LogP contribution in [0.2, 0.25) is 0 Å². The first-order chi connectivity index (χ1) is 5.29. The van der Waals surface area contributed by atoms with Crippen LogP contribution < -0.4 is 0 Å². The van der Waals surface area contributed by atoms with Crippen LogP contribution in [0.5, 0.6) is 0 Å². The van der Waals surface area contributed by atoms with Crippen molar-refractivity contribution in [3.63, 3.8) is 0 Å². The fourth-order valence-electron chi connectivity index (χ4n) is 1.62. The summed E-state index contributed by atoms with van der Waals surface area (Å²) >= 11 is 0. The predicted octanol–water partition coefficient (Wildman–Crippen LogP) is 2.56. The second-order valence-electron chi connectivity index (χ2n) is 2.95. The molecule has 1 unspecified atom stereocenters. The summed E-state index contributed by atoms with van der Waals surface area (Å²) in [6.45, 7) is 7.73. The molecule has 0 radical (unpaired) electrons. The fourth-order valence-corrected chi connectivity index (χ4v) is 1.62. The molecule has 62 valence electrons. The fraction of sp³-hybridized carbons (Fsp3) is 0.600. The van der Waals surface area contributed by atoms with Gasteiger partial charge in [-0.15, -0.1) is 0 Å². The molecular weight excluding hydrogens is 134 g/mol. The lowest BCUT2D eigenvalue weighted by molar-refractivity contribution is 0.296. The van der Waals surface area contributed by atoms with Gasteiger partial charge in [0.2, 0.25) is 0 Å². The van der Waals surface area contributed by atoms with Crippen LogP contribution in [0.4, 0.5) is 0 Å². The average Bonchev–Trinajstić information content (AvgIpc) is 2.04. The topological polar surface area (TPSA) is 3.24 Å². The van der Waals surface area contributed by atoms with Crippen molar-refractivity contribution in [1.29, 1.82) is 0 Å². The first-order valence-corrected chi connectivity index (χ1v) is 4.41. The number of hydrogen-bond donors (Lipinski definition) is 0. The van der Waals surface area contributed by atoms with Gasteiger partial charge in [0.1, 0.15) is 0 Å². The highest BCUT2D eigenvalue weighted by atomic mass is 15.2. The monoisotopic (exact) mass is 151 g/mol. The quantitative estimate of drug-likeness (QED) is 0.586. The molecule has 0 aromatic heterocycles. The Morgan fingerprint density at radius 2 is 2.18 bits per heavy atom. The lowest BCUT2D eigenvalue weighted by atomic mass is 10.1. The molecule has 1 aliphatic rings. The summed E-state index contributed by atoms with van der Waals surface area (Å²) in [4.78, 5) is 2.43. The van der Waals surface area contributed by atoms with E-state index in [9.17, 15) is 0 Å². The number of hydrogen-bond acceptors (Lipinski definition) is 1. The van der Waals surface area contributed by atoms with Crippen molar-refractivity contribution in [3.8, 4) is 0 Å². The van der Waals surface area contributed by atoms with E-state index in [1.54, 1.807) is 0 Å². The maximum atomic E-state index is 2.43. The van der Waals surface area contributed by atoms with Gasteiger partial charge in [-0.3, -0.25) is 0 Å². The van der Waals surface area contributed by atoms with Crippen molar-refractivity contribution >= 4 is 0 Å². The molecular formula is C10H17N. The van der Waals surface area contributed by atoms with E-state index in [2.05, 4.69) is 43.9 Å². The molecule has 1 atom stereocenters. The molecule has 0 amide bonds. The standard InChI is InChI=1S/C10H17N/c1-4-10-8-6-7-9(3)11(10)5-2/h6-8,10H,4-5H2,1-3H3. The molecule has 0 bridgehead atoms. The average molecular weight is 151 g/mol. The Bertz CT molecular complexity index is 179. The third kappa shape index (κ3) is 1.65. The van der Waals surface area contributed by atoms with Crippen LogP contribution >= 0.6 is 0 Å².